The second kappa shape index (κ2) is 3.89. The fraction of sp³-hybridized carbons (Fsp3) is 0. The standard InChI is InChI=1S/C3H4ClO2Si/c1-2-3(5)6-7-4/h1,7H2. The number of halogens is 1. The Kier molecular flexibility index (Phi) is 3.73. The molecule has 0 saturated carbocycles. The van der Waals surface area contributed by atoms with E-state index in [9.17, 15) is 4.79 Å². The van der Waals surface area contributed by atoms with Crippen LogP contribution in [0.15, 0.2) is 6.58 Å². The second-order valence-electron chi connectivity index (χ2n) is 0.718. The molecule has 0 fully saturated rings. The van der Waals surface area contributed by atoms with Crippen LogP contribution in [0, 0.1) is 6.08 Å². The summed E-state index contributed by atoms with van der Waals surface area (Å²) in [4.78, 5) is 9.97. The third kappa shape index (κ3) is 3.55. The Morgan fingerprint density at radius 3 is 2.71 bits per heavy atom. The highest BCUT2D eigenvalue weighted by Gasteiger charge is 1.89. The van der Waals surface area contributed by atoms with Gasteiger partial charge in [-0.15, -0.1) is 11.1 Å². The smallest absolute Gasteiger partial charge is 0.325 e. The zero-order valence-corrected chi connectivity index (χ0v) is 5.78. The first-order chi connectivity index (χ1) is 3.31. The van der Waals surface area contributed by atoms with Crippen LogP contribution in [0.2, 0.25) is 0 Å². The summed E-state index contributed by atoms with van der Waals surface area (Å²) < 4.78 is 4.28. The van der Waals surface area contributed by atoms with Gasteiger partial charge in [-0.2, -0.15) is 0 Å². The van der Waals surface area contributed by atoms with Crippen molar-refractivity contribution in [3.05, 3.63) is 12.7 Å². The molecule has 0 aliphatic heterocycles. The Labute approximate surface area is 48.8 Å². The van der Waals surface area contributed by atoms with E-state index in [0.29, 0.717) is 0 Å². The van der Waals surface area contributed by atoms with E-state index in [-0.39, 0.29) is 0 Å². The van der Waals surface area contributed by atoms with Crippen LogP contribution < -0.4 is 0 Å². The fourth-order valence-electron chi connectivity index (χ4n) is 0.101. The molecule has 0 aliphatic carbocycles. The molecule has 0 rings (SSSR count). The molecule has 0 aliphatic rings. The van der Waals surface area contributed by atoms with Crippen LogP contribution in [-0.4, -0.2) is 15.0 Å². The molecule has 1 radical (unpaired) electrons. The van der Waals surface area contributed by atoms with Gasteiger partial charge in [0.25, 0.3) is 0 Å². The monoisotopic (exact) mass is 135 g/mol. The first-order valence-corrected chi connectivity index (χ1v) is 4.28. The van der Waals surface area contributed by atoms with Crippen LogP contribution in [-0.2, 0) is 9.22 Å². The molecule has 0 aromatic rings. The van der Waals surface area contributed by atoms with E-state index in [2.05, 4.69) is 11.0 Å². The largest absolute Gasteiger partial charge is 0.507 e. The van der Waals surface area contributed by atoms with E-state index in [1.807, 2.05) is 6.08 Å². The van der Waals surface area contributed by atoms with Crippen LogP contribution in [0.1, 0.15) is 0 Å². The van der Waals surface area contributed by atoms with Crippen LogP contribution in [0.4, 0.5) is 0 Å². The quantitative estimate of drug-likeness (QED) is 0.297. The average Bonchev–Trinajstić information content (AvgIpc) is 1.68. The van der Waals surface area contributed by atoms with Gasteiger partial charge in [-0.05, 0) is 0 Å². The Morgan fingerprint density at radius 1 is 2.00 bits per heavy atom. The lowest BCUT2D eigenvalue weighted by Crippen LogP contribution is -1.99. The first-order valence-electron chi connectivity index (χ1n) is 1.57. The van der Waals surface area contributed by atoms with Crippen molar-refractivity contribution in [2.45, 2.75) is 0 Å². The summed E-state index contributed by atoms with van der Waals surface area (Å²) in [7, 11) is -1.12. The first kappa shape index (κ1) is 6.72. The molecule has 0 heterocycles. The van der Waals surface area contributed by atoms with Crippen molar-refractivity contribution in [1.29, 1.82) is 0 Å². The van der Waals surface area contributed by atoms with Gasteiger partial charge in [-0.1, -0.05) is 6.58 Å². The molecular formula is C3H4ClO2Si. The van der Waals surface area contributed by atoms with Crippen LogP contribution in [0.25, 0.3) is 0 Å². The molecule has 0 N–H and O–H groups in total. The molecule has 4 heteroatoms. The lowest BCUT2D eigenvalue weighted by Gasteiger charge is -1.88. The zero-order valence-electron chi connectivity index (χ0n) is 3.61. The van der Waals surface area contributed by atoms with Gasteiger partial charge in [0, 0.05) is 0 Å². The van der Waals surface area contributed by atoms with E-state index in [1.54, 1.807) is 0 Å². The lowest BCUT2D eigenvalue weighted by atomic mass is 10.7. The van der Waals surface area contributed by atoms with Crippen molar-refractivity contribution in [3.63, 3.8) is 0 Å². The van der Waals surface area contributed by atoms with Crippen molar-refractivity contribution in [2.24, 2.45) is 0 Å². The topological polar surface area (TPSA) is 26.3 Å². The van der Waals surface area contributed by atoms with Gasteiger partial charge in [0.1, 0.15) is 0 Å². The highest BCUT2D eigenvalue weighted by molar-refractivity contribution is 6.90. The minimum Gasteiger partial charge on any atom is -0.507 e. The molecule has 0 unspecified atom stereocenters. The molecule has 0 aromatic carbocycles. The molecule has 0 aromatic heterocycles. The third-order valence-corrected chi connectivity index (χ3v) is 1.03. The van der Waals surface area contributed by atoms with Gasteiger partial charge in [0.05, 0.1) is 6.08 Å². The van der Waals surface area contributed by atoms with Gasteiger partial charge >= 0.3 is 15.0 Å². The fourth-order valence-corrected chi connectivity index (χ4v) is 0.599. The summed E-state index contributed by atoms with van der Waals surface area (Å²) in [6.45, 7) is 3.04. The van der Waals surface area contributed by atoms with E-state index >= 15 is 0 Å². The molecule has 0 amide bonds. The Morgan fingerprint density at radius 2 is 2.57 bits per heavy atom. The van der Waals surface area contributed by atoms with Gasteiger partial charge < -0.3 is 4.43 Å². The molecule has 7 heavy (non-hydrogen) atoms. The molecule has 0 atom stereocenters. The zero-order chi connectivity index (χ0) is 5.70. The Hall–Kier alpha value is -0.283. The highest BCUT2D eigenvalue weighted by atomic mass is 35.6. The highest BCUT2D eigenvalue weighted by Crippen LogP contribution is 1.75. The Bertz CT molecular complexity index is 83.0. The van der Waals surface area contributed by atoms with Gasteiger partial charge in [-0.3, -0.25) is 0 Å². The predicted octanol–water partition coefficient (Wildman–Crippen LogP) is -0.244. The van der Waals surface area contributed by atoms with Gasteiger partial charge in [-0.25, -0.2) is 4.79 Å². The number of carbonyl (C=O) groups excluding carboxylic acids is 1. The van der Waals surface area contributed by atoms with E-state index < -0.39 is 15.0 Å². The van der Waals surface area contributed by atoms with Gasteiger partial charge in [0.15, 0.2) is 0 Å². The van der Waals surface area contributed by atoms with E-state index in [4.69, 9.17) is 11.1 Å². The average molecular weight is 136 g/mol. The van der Waals surface area contributed by atoms with Crippen LogP contribution in [0.3, 0.4) is 0 Å². The number of rotatable bonds is 2. The van der Waals surface area contributed by atoms with E-state index in [1.165, 1.54) is 0 Å². The molecular weight excluding hydrogens is 132 g/mol. The molecule has 39 valence electrons. The SMILES string of the molecule is C=[C]C(=O)O[SiH2]Cl. The molecule has 2 nitrogen and oxygen atoms in total. The maximum atomic E-state index is 9.97. The minimum atomic E-state index is -1.12. The molecule has 0 bridgehead atoms. The molecule has 0 spiro atoms. The third-order valence-electron chi connectivity index (χ3n) is 0.330. The summed E-state index contributed by atoms with van der Waals surface area (Å²) >= 11 is 5.10. The minimum absolute atomic E-state index is 0.554. The van der Waals surface area contributed by atoms with E-state index in [0.717, 1.165) is 0 Å². The van der Waals surface area contributed by atoms with Crippen molar-refractivity contribution in [3.8, 4) is 0 Å². The van der Waals surface area contributed by atoms with Crippen molar-refractivity contribution in [2.75, 3.05) is 0 Å². The summed E-state index contributed by atoms with van der Waals surface area (Å²) in [6.07, 6.45) is 2.00. The molecule has 0 saturated heterocycles. The predicted molar refractivity (Wildman–Crippen MR) is 29.4 cm³/mol. The van der Waals surface area contributed by atoms with Crippen molar-refractivity contribution in [1.82, 2.24) is 0 Å². The van der Waals surface area contributed by atoms with Gasteiger partial charge in [0.2, 0.25) is 0 Å². The van der Waals surface area contributed by atoms with Crippen molar-refractivity contribution < 1.29 is 9.22 Å². The maximum Gasteiger partial charge on any atom is 0.325 e. The summed E-state index contributed by atoms with van der Waals surface area (Å²) in [6, 6.07) is 0. The second-order valence-corrected chi connectivity index (χ2v) is 1.88. The number of hydrogen-bond donors (Lipinski definition) is 0. The van der Waals surface area contributed by atoms with Crippen molar-refractivity contribution >= 4 is 26.1 Å². The number of carbonyl (C=O) groups is 1. The normalized spacial score (nSPS) is 9.29. The van der Waals surface area contributed by atoms with Crippen LogP contribution in [0.5, 0.6) is 0 Å². The summed E-state index contributed by atoms with van der Waals surface area (Å²) in [5, 5.41) is 0. The number of hydrogen-bond acceptors (Lipinski definition) is 2. The summed E-state index contributed by atoms with van der Waals surface area (Å²) in [5.41, 5.74) is 0. The van der Waals surface area contributed by atoms with Crippen LogP contribution >= 0.6 is 11.1 Å². The maximum absolute atomic E-state index is 9.97. The summed E-state index contributed by atoms with van der Waals surface area (Å²) in [5.74, 6) is -0.554. The Balaban J connectivity index is 3.17. The lowest BCUT2D eigenvalue weighted by molar-refractivity contribution is -0.129.